The molecule has 4 aromatic carbocycles. The van der Waals surface area contributed by atoms with E-state index in [0.29, 0.717) is 16.5 Å². The van der Waals surface area contributed by atoms with E-state index in [0.717, 1.165) is 15.4 Å². The minimum atomic E-state index is -4.21. The van der Waals surface area contributed by atoms with Gasteiger partial charge in [0.25, 0.3) is 10.0 Å². The van der Waals surface area contributed by atoms with Crippen molar-refractivity contribution in [3.63, 3.8) is 0 Å². The van der Waals surface area contributed by atoms with Crippen molar-refractivity contribution < 1.29 is 22.7 Å². The average molecular weight is 648 g/mol. The summed E-state index contributed by atoms with van der Waals surface area (Å²) in [5.74, 6) is -0.312. The molecule has 0 saturated heterocycles. The third-order valence-electron chi connectivity index (χ3n) is 6.98. The van der Waals surface area contributed by atoms with E-state index >= 15 is 0 Å². The summed E-state index contributed by atoms with van der Waals surface area (Å²) in [7, 11) is -2.66. The number of nitrogens with zero attached hydrogens (tertiary/aromatic N) is 2. The monoisotopic (exact) mass is 647 g/mol. The van der Waals surface area contributed by atoms with Crippen molar-refractivity contribution in [2.45, 2.75) is 50.2 Å². The lowest BCUT2D eigenvalue weighted by atomic mass is 10.0. The number of anilines is 1. The molecule has 10 heteroatoms. The van der Waals surface area contributed by atoms with E-state index in [1.165, 1.54) is 29.2 Å². The third kappa shape index (κ3) is 9.09. The first-order valence-electron chi connectivity index (χ1n) is 14.5. The molecule has 4 aromatic rings. The maximum absolute atomic E-state index is 14.5. The number of nitrogens with one attached hydrogen (secondary N) is 1. The van der Waals surface area contributed by atoms with Gasteiger partial charge in [-0.3, -0.25) is 13.9 Å². The fraction of sp³-hybridized carbons (Fsp3) is 0.257. The predicted molar refractivity (Wildman–Crippen MR) is 178 cm³/mol. The van der Waals surface area contributed by atoms with Crippen LogP contribution in [0.3, 0.4) is 0 Å². The molecule has 236 valence electrons. The second-order valence-corrected chi connectivity index (χ2v) is 13.9. The normalized spacial score (nSPS) is 12.2. The number of sulfonamides is 1. The molecule has 1 N–H and O–H groups in total. The number of para-hydroxylation sites is 1. The van der Waals surface area contributed by atoms with E-state index in [1.807, 2.05) is 57.2 Å². The molecule has 4 rings (SSSR count). The van der Waals surface area contributed by atoms with Crippen molar-refractivity contribution >= 4 is 39.1 Å². The molecule has 0 saturated carbocycles. The summed E-state index contributed by atoms with van der Waals surface area (Å²) in [6, 6.07) is 29.9. The van der Waals surface area contributed by atoms with Gasteiger partial charge in [0, 0.05) is 23.5 Å². The van der Waals surface area contributed by atoms with Crippen molar-refractivity contribution in [2.24, 2.45) is 0 Å². The summed E-state index contributed by atoms with van der Waals surface area (Å²) < 4.78 is 34.6. The van der Waals surface area contributed by atoms with Crippen molar-refractivity contribution in [1.29, 1.82) is 0 Å². The smallest absolute Gasteiger partial charge is 0.264 e. The molecule has 0 aliphatic rings. The van der Waals surface area contributed by atoms with Crippen LogP contribution in [0.4, 0.5) is 5.69 Å². The van der Waals surface area contributed by atoms with Crippen LogP contribution in [0.5, 0.6) is 5.75 Å². The lowest BCUT2D eigenvalue weighted by molar-refractivity contribution is -0.140. The molecule has 0 spiro atoms. The summed E-state index contributed by atoms with van der Waals surface area (Å²) in [6.07, 6.45) is 0.216. The van der Waals surface area contributed by atoms with Crippen LogP contribution in [0.1, 0.15) is 31.9 Å². The minimum Gasteiger partial charge on any atom is -0.497 e. The van der Waals surface area contributed by atoms with Gasteiger partial charge in [0.05, 0.1) is 17.7 Å². The van der Waals surface area contributed by atoms with E-state index in [-0.39, 0.29) is 23.8 Å². The first-order chi connectivity index (χ1) is 21.4. The van der Waals surface area contributed by atoms with Gasteiger partial charge in [-0.2, -0.15) is 0 Å². The fourth-order valence-corrected chi connectivity index (χ4v) is 6.37. The van der Waals surface area contributed by atoms with E-state index in [9.17, 15) is 18.0 Å². The van der Waals surface area contributed by atoms with Crippen LogP contribution in [-0.4, -0.2) is 50.4 Å². The topological polar surface area (TPSA) is 96.0 Å². The highest BCUT2D eigenvalue weighted by Crippen LogP contribution is 2.26. The number of hydrogen-bond acceptors (Lipinski definition) is 5. The molecule has 0 bridgehead atoms. The molecule has 0 aliphatic heterocycles. The van der Waals surface area contributed by atoms with E-state index < -0.39 is 34.1 Å². The first-order valence-corrected chi connectivity index (χ1v) is 16.3. The second kappa shape index (κ2) is 14.6. The summed E-state index contributed by atoms with van der Waals surface area (Å²) >= 11 is 6.04. The predicted octanol–water partition coefficient (Wildman–Crippen LogP) is 6.10. The van der Waals surface area contributed by atoms with Crippen molar-refractivity contribution in [1.82, 2.24) is 10.2 Å². The summed E-state index contributed by atoms with van der Waals surface area (Å²) in [6.45, 7) is 5.10. The van der Waals surface area contributed by atoms with Crippen LogP contribution in [0.25, 0.3) is 0 Å². The Morgan fingerprint density at radius 1 is 0.844 bits per heavy atom. The van der Waals surface area contributed by atoms with Gasteiger partial charge >= 0.3 is 0 Å². The molecule has 1 atom stereocenters. The number of carbonyl (C=O) groups is 2. The van der Waals surface area contributed by atoms with Gasteiger partial charge in [0.2, 0.25) is 11.8 Å². The Balaban J connectivity index is 1.81. The maximum atomic E-state index is 14.5. The molecule has 0 heterocycles. The Hall–Kier alpha value is -4.34. The van der Waals surface area contributed by atoms with Gasteiger partial charge in [-0.15, -0.1) is 0 Å². The SMILES string of the molecule is COc1cccc(CN(C(=O)CN(c2ccccc2)S(=O)(=O)c2ccc(Cl)cc2)C(Cc2ccccc2)C(=O)NC(C)(C)C)c1. The van der Waals surface area contributed by atoms with E-state index in [4.69, 9.17) is 16.3 Å². The number of ether oxygens (including phenoxy) is 1. The molecule has 1 unspecified atom stereocenters. The first kappa shape index (κ1) is 33.6. The molecule has 45 heavy (non-hydrogen) atoms. The average Bonchev–Trinajstić information content (AvgIpc) is 3.01. The van der Waals surface area contributed by atoms with Crippen LogP contribution in [0, 0.1) is 0 Å². The van der Waals surface area contributed by atoms with E-state index in [2.05, 4.69) is 5.32 Å². The lowest BCUT2D eigenvalue weighted by Crippen LogP contribution is -2.56. The number of carbonyl (C=O) groups excluding carboxylic acids is 2. The number of methoxy groups -OCH3 is 1. The van der Waals surface area contributed by atoms with Crippen LogP contribution < -0.4 is 14.4 Å². The van der Waals surface area contributed by atoms with Crippen molar-refractivity contribution in [3.05, 3.63) is 125 Å². The molecular weight excluding hydrogens is 610 g/mol. The van der Waals surface area contributed by atoms with Gasteiger partial charge < -0.3 is 15.0 Å². The highest BCUT2D eigenvalue weighted by molar-refractivity contribution is 7.92. The Bertz CT molecular complexity index is 1690. The number of rotatable bonds is 12. The highest BCUT2D eigenvalue weighted by Gasteiger charge is 2.35. The maximum Gasteiger partial charge on any atom is 0.264 e. The van der Waals surface area contributed by atoms with E-state index in [1.54, 1.807) is 55.6 Å². The van der Waals surface area contributed by atoms with Crippen LogP contribution in [0.2, 0.25) is 5.02 Å². The van der Waals surface area contributed by atoms with Crippen LogP contribution >= 0.6 is 11.6 Å². The van der Waals surface area contributed by atoms with Crippen molar-refractivity contribution in [2.75, 3.05) is 18.0 Å². The summed E-state index contributed by atoms with van der Waals surface area (Å²) in [5.41, 5.74) is 1.30. The Kier molecular flexibility index (Phi) is 10.9. The van der Waals surface area contributed by atoms with Crippen LogP contribution in [0.15, 0.2) is 114 Å². The fourth-order valence-electron chi connectivity index (χ4n) is 4.83. The van der Waals surface area contributed by atoms with Crippen molar-refractivity contribution in [3.8, 4) is 5.75 Å². The number of hydrogen-bond donors (Lipinski definition) is 1. The summed E-state index contributed by atoms with van der Waals surface area (Å²) in [5, 5.41) is 3.41. The highest BCUT2D eigenvalue weighted by atomic mass is 35.5. The standard InChI is InChI=1S/C35H38ClN3O5S/c1-35(2,3)37-34(41)32(23-26-12-7-5-8-13-26)38(24-27-14-11-17-30(22-27)44-4)33(40)25-39(29-15-9-6-10-16-29)45(42,43)31-20-18-28(36)19-21-31/h5-22,32H,23-25H2,1-4H3,(H,37,41). The quantitative estimate of drug-likeness (QED) is 0.201. The zero-order valence-corrected chi connectivity index (χ0v) is 27.4. The minimum absolute atomic E-state index is 0.0193. The van der Waals surface area contributed by atoms with Crippen LogP contribution in [-0.2, 0) is 32.6 Å². The van der Waals surface area contributed by atoms with Gasteiger partial charge in [0.1, 0.15) is 18.3 Å². The molecule has 0 aromatic heterocycles. The molecule has 8 nitrogen and oxygen atoms in total. The van der Waals surface area contributed by atoms with Gasteiger partial charge in [-0.25, -0.2) is 8.42 Å². The summed E-state index contributed by atoms with van der Waals surface area (Å²) in [4.78, 5) is 29.9. The Morgan fingerprint density at radius 3 is 2.04 bits per heavy atom. The zero-order chi connectivity index (χ0) is 32.6. The lowest BCUT2D eigenvalue weighted by Gasteiger charge is -2.35. The molecular formula is C35H38ClN3O5S. The molecule has 2 amide bonds. The van der Waals surface area contributed by atoms with Gasteiger partial charge in [-0.05, 0) is 80.4 Å². The Labute approximate surface area is 270 Å². The zero-order valence-electron chi connectivity index (χ0n) is 25.8. The second-order valence-electron chi connectivity index (χ2n) is 11.6. The molecule has 0 aliphatic carbocycles. The third-order valence-corrected chi connectivity index (χ3v) is 9.02. The Morgan fingerprint density at radius 2 is 1.44 bits per heavy atom. The molecule has 0 fully saturated rings. The number of halogens is 1. The molecule has 0 radical (unpaired) electrons. The largest absolute Gasteiger partial charge is 0.497 e. The number of amides is 2. The van der Waals surface area contributed by atoms with Gasteiger partial charge in [0.15, 0.2) is 0 Å². The number of benzene rings is 4. The van der Waals surface area contributed by atoms with Gasteiger partial charge in [-0.1, -0.05) is 72.3 Å².